The van der Waals surface area contributed by atoms with Crippen molar-refractivity contribution in [2.75, 3.05) is 5.75 Å². The lowest BCUT2D eigenvalue weighted by atomic mass is 10.1. The summed E-state index contributed by atoms with van der Waals surface area (Å²) < 4.78 is 0.633. The van der Waals surface area contributed by atoms with Gasteiger partial charge in [-0.1, -0.05) is 11.8 Å². The largest absolute Gasteiger partial charge is 0.481 e. The molecule has 1 aliphatic carbocycles. The number of carboxylic acid groups (broad SMARTS) is 1. The summed E-state index contributed by atoms with van der Waals surface area (Å²) in [5.41, 5.74) is -0.114. The molecule has 0 saturated heterocycles. The highest BCUT2D eigenvalue weighted by molar-refractivity contribution is 8.01. The van der Waals surface area contributed by atoms with Gasteiger partial charge in [0.15, 0.2) is 4.34 Å². The van der Waals surface area contributed by atoms with E-state index in [1.165, 1.54) is 18.0 Å². The van der Waals surface area contributed by atoms with Crippen molar-refractivity contribution in [1.29, 1.82) is 0 Å². The van der Waals surface area contributed by atoms with Crippen LogP contribution < -0.4 is 0 Å². The van der Waals surface area contributed by atoms with E-state index in [9.17, 15) is 14.9 Å². The summed E-state index contributed by atoms with van der Waals surface area (Å²) in [6.45, 7) is 0. The molecule has 1 N–H and O–H groups in total. The van der Waals surface area contributed by atoms with Crippen LogP contribution in [0.15, 0.2) is 10.5 Å². The molecule has 0 amide bonds. The first kappa shape index (κ1) is 12.3. The molecule has 0 bridgehead atoms. The van der Waals surface area contributed by atoms with Crippen molar-refractivity contribution in [3.05, 3.63) is 16.3 Å². The Morgan fingerprint density at radius 1 is 1.71 bits per heavy atom. The van der Waals surface area contributed by atoms with Gasteiger partial charge in [0.05, 0.1) is 11.3 Å². The lowest BCUT2D eigenvalue weighted by Crippen LogP contribution is -2.10. The first-order chi connectivity index (χ1) is 8.01. The molecule has 2 rings (SSSR count). The van der Waals surface area contributed by atoms with E-state index in [4.69, 9.17) is 5.11 Å². The number of nitro groups is 1. The van der Waals surface area contributed by atoms with Crippen molar-refractivity contribution in [3.8, 4) is 0 Å². The molecule has 92 valence electrons. The average molecular weight is 274 g/mol. The zero-order valence-electron chi connectivity index (χ0n) is 8.79. The normalized spacial score (nSPS) is 16.7. The molecule has 1 heterocycles. The fourth-order valence-corrected chi connectivity index (χ4v) is 3.57. The second kappa shape index (κ2) is 4.61. The third-order valence-electron chi connectivity index (χ3n) is 2.64. The van der Waals surface area contributed by atoms with Crippen molar-refractivity contribution in [2.24, 2.45) is 5.41 Å². The number of rotatable bonds is 6. The van der Waals surface area contributed by atoms with Crippen LogP contribution in [0, 0.1) is 15.5 Å². The standard InChI is InChI=1S/C9H10N2O4S2/c12-7(13)3-9(1-2-9)5-16-8-10-4-6(17-8)11(14)15/h4H,1-3,5H2,(H,12,13). The fourth-order valence-electron chi connectivity index (χ4n) is 1.49. The number of hydrogen-bond acceptors (Lipinski definition) is 6. The lowest BCUT2D eigenvalue weighted by Gasteiger charge is -2.09. The summed E-state index contributed by atoms with van der Waals surface area (Å²) in [5.74, 6) is -0.113. The topological polar surface area (TPSA) is 93.3 Å². The maximum atomic E-state index is 10.6. The van der Waals surface area contributed by atoms with Gasteiger partial charge < -0.3 is 5.11 Å². The number of carbonyl (C=O) groups is 1. The van der Waals surface area contributed by atoms with Crippen LogP contribution in [0.25, 0.3) is 0 Å². The van der Waals surface area contributed by atoms with Gasteiger partial charge >= 0.3 is 11.0 Å². The number of hydrogen-bond donors (Lipinski definition) is 1. The molecule has 1 aromatic heterocycles. The minimum Gasteiger partial charge on any atom is -0.481 e. The summed E-state index contributed by atoms with van der Waals surface area (Å²) in [4.78, 5) is 24.6. The van der Waals surface area contributed by atoms with Crippen molar-refractivity contribution in [1.82, 2.24) is 4.98 Å². The quantitative estimate of drug-likeness (QED) is 0.486. The number of nitrogens with zero attached hydrogens (tertiary/aromatic N) is 2. The minimum atomic E-state index is -0.784. The van der Waals surface area contributed by atoms with Gasteiger partial charge in [0.25, 0.3) is 0 Å². The molecule has 1 aliphatic rings. The Labute approximate surface area is 105 Å². The monoisotopic (exact) mass is 274 g/mol. The van der Waals surface area contributed by atoms with Crippen LogP contribution in [0.4, 0.5) is 5.00 Å². The van der Waals surface area contributed by atoms with E-state index in [0.29, 0.717) is 10.1 Å². The van der Waals surface area contributed by atoms with Crippen LogP contribution >= 0.6 is 23.1 Å². The van der Waals surface area contributed by atoms with Gasteiger partial charge in [-0.2, -0.15) is 0 Å². The Morgan fingerprint density at radius 3 is 2.88 bits per heavy atom. The Balaban J connectivity index is 1.89. The van der Waals surface area contributed by atoms with E-state index in [1.807, 2.05) is 0 Å². The molecule has 0 unspecified atom stereocenters. The van der Waals surface area contributed by atoms with Gasteiger partial charge in [-0.25, -0.2) is 4.98 Å². The number of aromatic nitrogens is 1. The van der Waals surface area contributed by atoms with Crippen LogP contribution in [0.2, 0.25) is 0 Å². The highest BCUT2D eigenvalue weighted by Gasteiger charge is 2.44. The first-order valence-electron chi connectivity index (χ1n) is 4.96. The number of thiazole rings is 1. The highest BCUT2D eigenvalue weighted by atomic mass is 32.2. The molecule has 17 heavy (non-hydrogen) atoms. The van der Waals surface area contributed by atoms with Crippen LogP contribution in [0.5, 0.6) is 0 Å². The van der Waals surface area contributed by atoms with E-state index in [0.717, 1.165) is 24.2 Å². The Bertz CT molecular complexity index is 456. The molecule has 1 aromatic rings. The maximum Gasteiger partial charge on any atom is 0.344 e. The van der Waals surface area contributed by atoms with E-state index < -0.39 is 10.9 Å². The molecule has 0 atom stereocenters. The van der Waals surface area contributed by atoms with E-state index in [2.05, 4.69) is 4.98 Å². The molecule has 6 nitrogen and oxygen atoms in total. The molecule has 0 spiro atoms. The number of carboxylic acids is 1. The van der Waals surface area contributed by atoms with E-state index >= 15 is 0 Å². The van der Waals surface area contributed by atoms with Crippen LogP contribution in [0.1, 0.15) is 19.3 Å². The summed E-state index contributed by atoms with van der Waals surface area (Å²) >= 11 is 2.44. The first-order valence-corrected chi connectivity index (χ1v) is 6.76. The van der Waals surface area contributed by atoms with Gasteiger partial charge in [0.2, 0.25) is 0 Å². The van der Waals surface area contributed by atoms with Crippen LogP contribution in [-0.4, -0.2) is 26.7 Å². The van der Waals surface area contributed by atoms with E-state index in [1.54, 1.807) is 0 Å². The zero-order valence-corrected chi connectivity index (χ0v) is 10.4. The van der Waals surface area contributed by atoms with Crippen LogP contribution in [0.3, 0.4) is 0 Å². The molecule has 0 radical (unpaired) electrons. The second-order valence-electron chi connectivity index (χ2n) is 4.08. The molecule has 0 aromatic carbocycles. The Kier molecular flexibility index (Phi) is 3.34. The minimum absolute atomic E-state index is 0.0237. The zero-order chi connectivity index (χ0) is 12.5. The highest BCUT2D eigenvalue weighted by Crippen LogP contribution is 2.52. The molecule has 1 saturated carbocycles. The van der Waals surface area contributed by atoms with Crippen molar-refractivity contribution in [2.45, 2.75) is 23.6 Å². The van der Waals surface area contributed by atoms with Crippen LogP contribution in [-0.2, 0) is 4.79 Å². The average Bonchev–Trinajstić information content (AvgIpc) is 2.82. The summed E-state index contributed by atoms with van der Waals surface area (Å²) in [6.07, 6.45) is 3.25. The predicted octanol–water partition coefficient (Wildman–Crippen LogP) is 2.40. The molecule has 0 aliphatic heterocycles. The van der Waals surface area contributed by atoms with Crippen molar-refractivity contribution < 1.29 is 14.8 Å². The Hall–Kier alpha value is -1.15. The molecule has 1 fully saturated rings. The predicted molar refractivity (Wildman–Crippen MR) is 63.4 cm³/mol. The third-order valence-corrected chi connectivity index (χ3v) is 5.09. The number of thioether (sulfide) groups is 1. The smallest absolute Gasteiger partial charge is 0.344 e. The fraction of sp³-hybridized carbons (Fsp3) is 0.556. The maximum absolute atomic E-state index is 10.6. The summed E-state index contributed by atoms with van der Waals surface area (Å²) in [7, 11) is 0. The van der Waals surface area contributed by atoms with Gasteiger partial charge in [-0.15, -0.1) is 0 Å². The molecular formula is C9H10N2O4S2. The third kappa shape index (κ3) is 3.16. The molecule has 8 heteroatoms. The lowest BCUT2D eigenvalue weighted by molar-refractivity contribution is -0.380. The van der Waals surface area contributed by atoms with Gasteiger partial charge in [0.1, 0.15) is 6.20 Å². The van der Waals surface area contributed by atoms with Gasteiger partial charge in [0, 0.05) is 5.75 Å². The van der Waals surface area contributed by atoms with Crippen molar-refractivity contribution in [3.63, 3.8) is 0 Å². The SMILES string of the molecule is O=C(O)CC1(CSc2ncc([N+](=O)[O-])s2)CC1. The summed E-state index contributed by atoms with van der Waals surface area (Å²) in [5, 5.41) is 19.2. The Morgan fingerprint density at radius 2 is 2.41 bits per heavy atom. The molecular weight excluding hydrogens is 264 g/mol. The second-order valence-corrected chi connectivity index (χ2v) is 6.31. The summed E-state index contributed by atoms with van der Waals surface area (Å²) in [6, 6.07) is 0. The van der Waals surface area contributed by atoms with Gasteiger partial charge in [-0.3, -0.25) is 14.9 Å². The van der Waals surface area contributed by atoms with Gasteiger partial charge in [-0.05, 0) is 29.6 Å². The number of aliphatic carboxylic acids is 1. The van der Waals surface area contributed by atoms with Crippen molar-refractivity contribution >= 4 is 34.1 Å². The van der Waals surface area contributed by atoms with E-state index in [-0.39, 0.29) is 16.8 Å².